The van der Waals surface area contributed by atoms with E-state index >= 15 is 0 Å². The zero-order valence-electron chi connectivity index (χ0n) is 14.0. The Labute approximate surface area is 137 Å². The highest BCUT2D eigenvalue weighted by Crippen LogP contribution is 2.30. The molecule has 1 aliphatic heterocycles. The number of hydrogen-bond donors (Lipinski definition) is 2. The van der Waals surface area contributed by atoms with Crippen molar-refractivity contribution in [3.8, 4) is 0 Å². The van der Waals surface area contributed by atoms with Gasteiger partial charge in [0.15, 0.2) is 0 Å². The van der Waals surface area contributed by atoms with Crippen LogP contribution in [0.15, 0.2) is 0 Å². The first-order valence-corrected chi connectivity index (χ1v) is 8.93. The number of likely N-dealkylation sites (N-methyl/N-ethyl adjacent to an activating group) is 1. The quantitative estimate of drug-likeness (QED) is 0.785. The maximum absolute atomic E-state index is 4.66. The van der Waals surface area contributed by atoms with E-state index in [4.69, 9.17) is 0 Å². The molecule has 7 nitrogen and oxygen atoms in total. The van der Waals surface area contributed by atoms with Gasteiger partial charge in [-0.1, -0.05) is 0 Å². The minimum Gasteiger partial charge on any atom is -0.354 e. The topological polar surface area (TPSA) is 69.2 Å². The SMILES string of the molecule is CN1CCN(c2nc(NCC3CC3)nc(NCC3CC3)n2)CC1. The van der Waals surface area contributed by atoms with Crippen LogP contribution in [0.1, 0.15) is 25.7 Å². The number of piperazine rings is 1. The first-order valence-electron chi connectivity index (χ1n) is 8.93. The predicted octanol–water partition coefficient (Wildman–Crippen LogP) is 1.27. The summed E-state index contributed by atoms with van der Waals surface area (Å²) in [6, 6.07) is 0. The second kappa shape index (κ2) is 6.47. The van der Waals surface area contributed by atoms with Gasteiger partial charge in [0.25, 0.3) is 0 Å². The van der Waals surface area contributed by atoms with Crippen LogP contribution in [-0.4, -0.2) is 66.2 Å². The Balaban J connectivity index is 1.47. The lowest BCUT2D eigenvalue weighted by Crippen LogP contribution is -2.45. The summed E-state index contributed by atoms with van der Waals surface area (Å²) in [4.78, 5) is 18.5. The Bertz CT molecular complexity index is 499. The zero-order valence-corrected chi connectivity index (χ0v) is 14.0. The molecule has 2 saturated carbocycles. The molecule has 126 valence electrons. The molecule has 2 heterocycles. The van der Waals surface area contributed by atoms with Gasteiger partial charge in [-0.3, -0.25) is 0 Å². The summed E-state index contributed by atoms with van der Waals surface area (Å²) in [6.45, 7) is 6.03. The molecule has 7 heteroatoms. The van der Waals surface area contributed by atoms with Crippen LogP contribution < -0.4 is 15.5 Å². The van der Waals surface area contributed by atoms with E-state index in [2.05, 4.69) is 42.4 Å². The van der Waals surface area contributed by atoms with Crippen molar-refractivity contribution in [2.24, 2.45) is 11.8 Å². The van der Waals surface area contributed by atoms with Gasteiger partial charge >= 0.3 is 0 Å². The number of nitrogens with zero attached hydrogens (tertiary/aromatic N) is 5. The number of nitrogens with one attached hydrogen (secondary N) is 2. The Morgan fingerprint density at radius 2 is 1.35 bits per heavy atom. The van der Waals surface area contributed by atoms with Gasteiger partial charge < -0.3 is 20.4 Å². The average molecular weight is 317 g/mol. The Morgan fingerprint density at radius 3 is 1.83 bits per heavy atom. The highest BCUT2D eigenvalue weighted by atomic mass is 15.4. The molecule has 0 radical (unpaired) electrons. The molecule has 0 bridgehead atoms. The van der Waals surface area contributed by atoms with Crippen molar-refractivity contribution in [3.63, 3.8) is 0 Å². The van der Waals surface area contributed by atoms with Gasteiger partial charge in [0.05, 0.1) is 0 Å². The maximum Gasteiger partial charge on any atom is 0.232 e. The van der Waals surface area contributed by atoms with Crippen molar-refractivity contribution in [2.45, 2.75) is 25.7 Å². The van der Waals surface area contributed by atoms with E-state index in [1.54, 1.807) is 0 Å². The van der Waals surface area contributed by atoms with E-state index in [0.717, 1.165) is 68.9 Å². The largest absolute Gasteiger partial charge is 0.354 e. The molecule has 1 saturated heterocycles. The van der Waals surface area contributed by atoms with E-state index in [0.29, 0.717) is 0 Å². The van der Waals surface area contributed by atoms with Gasteiger partial charge in [0.1, 0.15) is 0 Å². The molecule has 1 aromatic rings. The third-order valence-electron chi connectivity index (χ3n) is 4.90. The van der Waals surface area contributed by atoms with Crippen molar-refractivity contribution in [1.29, 1.82) is 0 Å². The standard InChI is InChI=1S/C16H27N7/c1-22-6-8-23(9-7-22)16-20-14(17-10-12-2-3-12)19-15(21-16)18-11-13-4-5-13/h12-13H,2-11H2,1H3,(H2,17,18,19,20,21). The zero-order chi connectivity index (χ0) is 15.6. The van der Waals surface area contributed by atoms with Crippen LogP contribution in [0.4, 0.5) is 17.8 Å². The van der Waals surface area contributed by atoms with Crippen LogP contribution in [0.25, 0.3) is 0 Å². The molecule has 3 fully saturated rings. The van der Waals surface area contributed by atoms with E-state index in [1.807, 2.05) is 0 Å². The van der Waals surface area contributed by atoms with Crippen LogP contribution in [0, 0.1) is 11.8 Å². The minimum atomic E-state index is 0.721. The van der Waals surface area contributed by atoms with Gasteiger partial charge in [0.2, 0.25) is 17.8 Å². The number of hydrogen-bond acceptors (Lipinski definition) is 7. The van der Waals surface area contributed by atoms with Crippen molar-refractivity contribution >= 4 is 17.8 Å². The molecule has 0 unspecified atom stereocenters. The fraction of sp³-hybridized carbons (Fsp3) is 0.812. The Hall–Kier alpha value is -1.63. The Kier molecular flexibility index (Phi) is 4.20. The lowest BCUT2D eigenvalue weighted by atomic mass is 10.3. The van der Waals surface area contributed by atoms with E-state index < -0.39 is 0 Å². The first-order chi connectivity index (χ1) is 11.3. The monoisotopic (exact) mass is 317 g/mol. The number of aromatic nitrogens is 3. The predicted molar refractivity (Wildman–Crippen MR) is 92.0 cm³/mol. The summed E-state index contributed by atoms with van der Waals surface area (Å²) in [5.74, 6) is 3.87. The smallest absolute Gasteiger partial charge is 0.232 e. The summed E-state index contributed by atoms with van der Waals surface area (Å²) in [5.41, 5.74) is 0. The molecule has 0 spiro atoms. The lowest BCUT2D eigenvalue weighted by molar-refractivity contribution is 0.311. The highest BCUT2D eigenvalue weighted by Gasteiger charge is 2.24. The molecule has 1 aromatic heterocycles. The normalized spacial score (nSPS) is 22.2. The van der Waals surface area contributed by atoms with Crippen LogP contribution in [0.3, 0.4) is 0 Å². The van der Waals surface area contributed by atoms with Gasteiger partial charge in [-0.15, -0.1) is 0 Å². The van der Waals surface area contributed by atoms with Crippen LogP contribution in [0.2, 0.25) is 0 Å². The molecule has 2 N–H and O–H groups in total. The van der Waals surface area contributed by atoms with Gasteiger partial charge in [-0.25, -0.2) is 0 Å². The molecule has 0 aromatic carbocycles. The fourth-order valence-corrected chi connectivity index (χ4v) is 2.79. The summed E-state index contributed by atoms with van der Waals surface area (Å²) in [6.07, 6.45) is 5.32. The second-order valence-corrected chi connectivity index (χ2v) is 7.22. The van der Waals surface area contributed by atoms with E-state index in [-0.39, 0.29) is 0 Å². The summed E-state index contributed by atoms with van der Waals surface area (Å²) in [5, 5.41) is 6.80. The fourth-order valence-electron chi connectivity index (χ4n) is 2.79. The first kappa shape index (κ1) is 14.9. The van der Waals surface area contributed by atoms with Gasteiger partial charge in [-0.05, 0) is 44.6 Å². The molecule has 4 rings (SSSR count). The molecule has 2 aliphatic carbocycles. The highest BCUT2D eigenvalue weighted by molar-refractivity contribution is 5.44. The molecule has 0 amide bonds. The molecule has 23 heavy (non-hydrogen) atoms. The average Bonchev–Trinajstić information content (AvgIpc) is 3.47. The number of anilines is 3. The number of rotatable bonds is 7. The van der Waals surface area contributed by atoms with Crippen molar-refractivity contribution in [2.75, 3.05) is 61.8 Å². The van der Waals surface area contributed by atoms with E-state index in [9.17, 15) is 0 Å². The maximum atomic E-state index is 4.66. The third-order valence-corrected chi connectivity index (χ3v) is 4.90. The lowest BCUT2D eigenvalue weighted by Gasteiger charge is -2.32. The summed E-state index contributed by atoms with van der Waals surface area (Å²) >= 11 is 0. The van der Waals surface area contributed by atoms with Crippen molar-refractivity contribution < 1.29 is 0 Å². The van der Waals surface area contributed by atoms with Gasteiger partial charge in [-0.2, -0.15) is 15.0 Å². The van der Waals surface area contributed by atoms with Crippen LogP contribution >= 0.6 is 0 Å². The second-order valence-electron chi connectivity index (χ2n) is 7.22. The summed E-state index contributed by atoms with van der Waals surface area (Å²) < 4.78 is 0. The van der Waals surface area contributed by atoms with E-state index in [1.165, 1.54) is 25.7 Å². The van der Waals surface area contributed by atoms with Gasteiger partial charge in [0, 0.05) is 39.3 Å². The molecular weight excluding hydrogens is 290 g/mol. The van der Waals surface area contributed by atoms with Crippen molar-refractivity contribution in [3.05, 3.63) is 0 Å². The van der Waals surface area contributed by atoms with Crippen LogP contribution in [0.5, 0.6) is 0 Å². The summed E-state index contributed by atoms with van der Waals surface area (Å²) in [7, 11) is 2.16. The van der Waals surface area contributed by atoms with Crippen LogP contribution in [-0.2, 0) is 0 Å². The third kappa shape index (κ3) is 4.22. The molecule has 0 atom stereocenters. The van der Waals surface area contributed by atoms with Crippen molar-refractivity contribution in [1.82, 2.24) is 19.9 Å². The minimum absolute atomic E-state index is 0.721. The Morgan fingerprint density at radius 1 is 0.826 bits per heavy atom. The molecule has 3 aliphatic rings. The molecular formula is C16H27N7.